The van der Waals surface area contributed by atoms with E-state index in [0.29, 0.717) is 0 Å². The van der Waals surface area contributed by atoms with Crippen LogP contribution < -0.4 is 4.90 Å². The van der Waals surface area contributed by atoms with Crippen LogP contribution in [0.2, 0.25) is 0 Å². The predicted molar refractivity (Wildman–Crippen MR) is 254 cm³/mol. The van der Waals surface area contributed by atoms with E-state index in [0.717, 1.165) is 17.1 Å². The van der Waals surface area contributed by atoms with Crippen molar-refractivity contribution in [1.82, 2.24) is 0 Å². The standard InChI is InChI=1S/C58H41NS/c1-57(39-16-5-3-6-17-39)50-24-12-9-20-45(50)47-34-32-42(36-52(47)57)59(41-30-28-38(29-31-41)44-23-15-27-55-56(44)49-22-11-14-26-54(49)60-55)43-33-35-48-46-21-10-13-25-51(46)58(2,53(48)37-43)40-18-7-4-8-19-40/h3-37H,1-2H3. The van der Waals surface area contributed by atoms with Gasteiger partial charge < -0.3 is 4.90 Å². The molecule has 1 heterocycles. The lowest BCUT2D eigenvalue weighted by Gasteiger charge is -2.32. The molecule has 2 atom stereocenters. The molecule has 2 heteroatoms. The molecule has 0 spiro atoms. The quantitative estimate of drug-likeness (QED) is 0.162. The molecule has 0 radical (unpaired) electrons. The molecule has 0 amide bonds. The molecule has 2 unspecified atom stereocenters. The van der Waals surface area contributed by atoms with Gasteiger partial charge in [-0.2, -0.15) is 0 Å². The molecule has 1 nitrogen and oxygen atoms in total. The van der Waals surface area contributed by atoms with Crippen molar-refractivity contribution in [3.8, 4) is 33.4 Å². The average molecular weight is 784 g/mol. The van der Waals surface area contributed by atoms with Gasteiger partial charge in [-0.15, -0.1) is 11.3 Å². The van der Waals surface area contributed by atoms with E-state index < -0.39 is 0 Å². The molecule has 0 aliphatic heterocycles. The third kappa shape index (κ3) is 4.98. The van der Waals surface area contributed by atoms with Crippen LogP contribution in [0, 0.1) is 0 Å². The zero-order valence-electron chi connectivity index (χ0n) is 33.6. The van der Waals surface area contributed by atoms with Gasteiger partial charge in [0.2, 0.25) is 0 Å². The van der Waals surface area contributed by atoms with Gasteiger partial charge in [-0.05, 0) is 129 Å². The van der Waals surface area contributed by atoms with Crippen molar-refractivity contribution in [2.75, 3.05) is 4.90 Å². The number of hydrogen-bond donors (Lipinski definition) is 0. The van der Waals surface area contributed by atoms with E-state index in [2.05, 4.69) is 231 Å². The largest absolute Gasteiger partial charge is 0.310 e. The van der Waals surface area contributed by atoms with Gasteiger partial charge in [0.05, 0.1) is 0 Å². The van der Waals surface area contributed by atoms with Crippen molar-refractivity contribution in [3.05, 3.63) is 246 Å². The van der Waals surface area contributed by atoms with Gasteiger partial charge in [0.15, 0.2) is 0 Å². The number of hydrogen-bond acceptors (Lipinski definition) is 2. The maximum absolute atomic E-state index is 2.48. The number of fused-ring (bicyclic) bond motifs is 9. The highest BCUT2D eigenvalue weighted by molar-refractivity contribution is 7.25. The highest BCUT2D eigenvalue weighted by Gasteiger charge is 2.43. The van der Waals surface area contributed by atoms with Crippen molar-refractivity contribution in [2.24, 2.45) is 0 Å². The normalized spacial score (nSPS) is 17.3. The zero-order chi connectivity index (χ0) is 40.0. The minimum Gasteiger partial charge on any atom is -0.310 e. The summed E-state index contributed by atoms with van der Waals surface area (Å²) in [5.74, 6) is 0. The maximum Gasteiger partial charge on any atom is 0.0465 e. The van der Waals surface area contributed by atoms with E-state index in [9.17, 15) is 0 Å². The summed E-state index contributed by atoms with van der Waals surface area (Å²) in [4.78, 5) is 2.48. The molecule has 0 saturated heterocycles. The van der Waals surface area contributed by atoms with E-state index in [4.69, 9.17) is 0 Å². The van der Waals surface area contributed by atoms with Gasteiger partial charge in [-0.1, -0.05) is 164 Å². The molecule has 0 N–H and O–H groups in total. The summed E-state index contributed by atoms with van der Waals surface area (Å²) in [7, 11) is 0. The van der Waals surface area contributed by atoms with Gasteiger partial charge in [0.25, 0.3) is 0 Å². The van der Waals surface area contributed by atoms with E-state index in [1.807, 2.05) is 11.3 Å². The van der Waals surface area contributed by atoms with Crippen LogP contribution in [-0.2, 0) is 10.8 Å². The first-order valence-corrected chi connectivity index (χ1v) is 21.7. The Balaban J connectivity index is 1.07. The second kappa shape index (κ2) is 13.3. The number of rotatable bonds is 6. The summed E-state index contributed by atoms with van der Waals surface area (Å²) in [5, 5.41) is 2.65. The lowest BCUT2D eigenvalue weighted by atomic mass is 9.74. The molecular weight excluding hydrogens is 743 g/mol. The van der Waals surface area contributed by atoms with Crippen LogP contribution in [0.4, 0.5) is 17.1 Å². The summed E-state index contributed by atoms with van der Waals surface area (Å²) in [5.41, 5.74) is 18.4. The minimum absolute atomic E-state index is 0.313. The fourth-order valence-electron chi connectivity index (χ4n) is 10.7. The number of nitrogens with zero attached hydrogens (tertiary/aromatic N) is 1. The van der Waals surface area contributed by atoms with E-state index in [-0.39, 0.29) is 10.8 Å². The van der Waals surface area contributed by atoms with Crippen LogP contribution in [0.1, 0.15) is 47.2 Å². The second-order valence-electron chi connectivity index (χ2n) is 16.7. The summed E-state index contributed by atoms with van der Waals surface area (Å²) in [6.07, 6.45) is 0. The highest BCUT2D eigenvalue weighted by atomic mass is 32.1. The first kappa shape index (κ1) is 35.0. The van der Waals surface area contributed by atoms with Crippen molar-refractivity contribution in [2.45, 2.75) is 24.7 Å². The van der Waals surface area contributed by atoms with Crippen molar-refractivity contribution >= 4 is 48.6 Å². The van der Waals surface area contributed by atoms with E-state index in [1.165, 1.54) is 86.9 Å². The Hall–Kier alpha value is -7.00. The molecule has 0 bridgehead atoms. The van der Waals surface area contributed by atoms with Crippen LogP contribution in [0.15, 0.2) is 212 Å². The average Bonchev–Trinajstić information content (AvgIpc) is 3.92. The second-order valence-corrected chi connectivity index (χ2v) is 17.8. The van der Waals surface area contributed by atoms with Gasteiger partial charge in [-0.25, -0.2) is 0 Å². The molecular formula is C58H41NS. The predicted octanol–water partition coefficient (Wildman–Crippen LogP) is 15.9. The Labute approximate surface area is 355 Å². The molecule has 60 heavy (non-hydrogen) atoms. The van der Waals surface area contributed by atoms with Crippen molar-refractivity contribution in [1.29, 1.82) is 0 Å². The topological polar surface area (TPSA) is 3.24 Å². The Morgan fingerprint density at radius 3 is 1.38 bits per heavy atom. The summed E-state index contributed by atoms with van der Waals surface area (Å²) in [6.45, 7) is 4.81. The Kier molecular flexibility index (Phi) is 7.73. The molecule has 12 rings (SSSR count). The van der Waals surface area contributed by atoms with Crippen LogP contribution >= 0.6 is 11.3 Å². The van der Waals surface area contributed by atoms with Gasteiger partial charge in [0, 0.05) is 48.1 Å². The minimum atomic E-state index is -0.313. The number of anilines is 3. The first-order valence-electron chi connectivity index (χ1n) is 20.9. The van der Waals surface area contributed by atoms with Crippen LogP contribution in [-0.4, -0.2) is 0 Å². The summed E-state index contributed by atoms with van der Waals surface area (Å²) in [6, 6.07) is 79.1. The van der Waals surface area contributed by atoms with Crippen molar-refractivity contribution in [3.63, 3.8) is 0 Å². The summed E-state index contributed by atoms with van der Waals surface area (Å²) < 4.78 is 2.64. The maximum atomic E-state index is 2.48. The number of thiophene rings is 1. The summed E-state index contributed by atoms with van der Waals surface area (Å²) >= 11 is 1.87. The van der Waals surface area contributed by atoms with Crippen molar-refractivity contribution < 1.29 is 0 Å². The Morgan fingerprint density at radius 1 is 0.350 bits per heavy atom. The van der Waals surface area contributed by atoms with Gasteiger partial charge >= 0.3 is 0 Å². The number of benzene rings is 9. The lowest BCUT2D eigenvalue weighted by molar-refractivity contribution is 0.713. The fraction of sp³-hybridized carbons (Fsp3) is 0.0690. The molecule has 2 aliphatic rings. The molecule has 2 aliphatic carbocycles. The molecule has 0 fully saturated rings. The SMILES string of the molecule is CC1(c2ccccc2)c2ccccc2-c2ccc(N(c3ccc(-c4cccc5sc6ccccc6c45)cc3)c3ccc4c(c3)C(C)(c3ccccc3)c3ccccc3-4)cc21. The lowest BCUT2D eigenvalue weighted by Crippen LogP contribution is -2.23. The van der Waals surface area contributed by atoms with Crippen LogP contribution in [0.25, 0.3) is 53.6 Å². The molecule has 9 aromatic carbocycles. The molecule has 284 valence electrons. The zero-order valence-corrected chi connectivity index (χ0v) is 34.4. The monoisotopic (exact) mass is 783 g/mol. The Morgan fingerprint density at radius 2 is 0.800 bits per heavy atom. The van der Waals surface area contributed by atoms with Gasteiger partial charge in [0.1, 0.15) is 0 Å². The third-order valence-electron chi connectivity index (χ3n) is 13.7. The highest BCUT2D eigenvalue weighted by Crippen LogP contribution is 2.56. The van der Waals surface area contributed by atoms with E-state index >= 15 is 0 Å². The molecule has 1 aromatic heterocycles. The smallest absolute Gasteiger partial charge is 0.0465 e. The fourth-order valence-corrected chi connectivity index (χ4v) is 11.8. The van der Waals surface area contributed by atoms with E-state index in [1.54, 1.807) is 0 Å². The third-order valence-corrected chi connectivity index (χ3v) is 14.8. The molecule has 10 aromatic rings. The van der Waals surface area contributed by atoms with Gasteiger partial charge in [-0.3, -0.25) is 0 Å². The molecule has 0 saturated carbocycles. The first-order chi connectivity index (χ1) is 29.5. The van der Waals surface area contributed by atoms with Crippen LogP contribution in [0.5, 0.6) is 0 Å². The van der Waals surface area contributed by atoms with Crippen LogP contribution in [0.3, 0.4) is 0 Å². The Bertz CT molecular complexity index is 3140.